The lowest BCUT2D eigenvalue weighted by Gasteiger charge is -2.34. The molecule has 0 aromatic heterocycles. The summed E-state index contributed by atoms with van der Waals surface area (Å²) in [6.07, 6.45) is 4.57. The van der Waals surface area contributed by atoms with Crippen molar-refractivity contribution in [3.05, 3.63) is 71.8 Å². The Hall–Kier alpha value is -4.94. The zero-order chi connectivity index (χ0) is 43.0. The molecule has 318 valence electrons. The van der Waals surface area contributed by atoms with E-state index < -0.39 is 78.4 Å². The third-order valence-electron chi connectivity index (χ3n) is 8.96. The average molecular weight is 845 g/mol. The standard InChI is InChI=1S/C40H56N6O10S2/c1-26(2)20-31(43-35(50)29(41-24-48)16-18-57-4)37(52)44-32(21-27-12-8-6-9-13-27)38(53)46(34(40(55)56-3)22-28-14-10-7-11-15-28)39(54)33(23-47)45-36(51)30(42-25-49)17-19-58-5/h6-15,24-26,29-34,47H,16-23H2,1-5H3,(H,41,48)(H,42,49)(H,43,50)(H,44,52)(H,45,51)/t29-,30-,31-,32-,33-,34-/m0/s1. The minimum absolute atomic E-state index is 0.127. The summed E-state index contributed by atoms with van der Waals surface area (Å²) in [5.41, 5.74) is 1.09. The molecule has 0 saturated carbocycles. The van der Waals surface area contributed by atoms with Crippen LogP contribution in [0.1, 0.15) is 44.2 Å². The molecule has 2 rings (SSSR count). The Morgan fingerprint density at radius 1 is 0.672 bits per heavy atom. The van der Waals surface area contributed by atoms with Gasteiger partial charge >= 0.3 is 5.97 Å². The molecule has 0 spiro atoms. The van der Waals surface area contributed by atoms with E-state index in [-0.39, 0.29) is 38.0 Å². The van der Waals surface area contributed by atoms with Crippen LogP contribution in [0.15, 0.2) is 60.7 Å². The molecule has 0 heterocycles. The summed E-state index contributed by atoms with van der Waals surface area (Å²) in [6.45, 7) is 2.66. The summed E-state index contributed by atoms with van der Waals surface area (Å²) in [5, 5.41) is 23.2. The van der Waals surface area contributed by atoms with E-state index in [1.54, 1.807) is 66.9 Å². The molecule has 58 heavy (non-hydrogen) atoms. The number of esters is 1. The molecule has 0 unspecified atom stereocenters. The van der Waals surface area contributed by atoms with E-state index in [0.29, 0.717) is 40.4 Å². The normalized spacial score (nSPS) is 14.0. The van der Waals surface area contributed by atoms with Gasteiger partial charge in [-0.05, 0) is 60.3 Å². The fraction of sp³-hybridized carbons (Fsp3) is 0.500. The number of imide groups is 1. The number of ether oxygens (including phenoxy) is 1. The second-order valence-electron chi connectivity index (χ2n) is 13.7. The topological polar surface area (TPSA) is 229 Å². The third kappa shape index (κ3) is 16.1. The maximum atomic E-state index is 15.0. The molecule has 0 aliphatic heterocycles. The summed E-state index contributed by atoms with van der Waals surface area (Å²) >= 11 is 2.89. The van der Waals surface area contributed by atoms with Crippen LogP contribution in [0.2, 0.25) is 0 Å². The van der Waals surface area contributed by atoms with E-state index >= 15 is 4.79 Å². The van der Waals surface area contributed by atoms with Crippen molar-refractivity contribution in [3.63, 3.8) is 0 Å². The minimum atomic E-state index is -1.78. The van der Waals surface area contributed by atoms with Gasteiger partial charge in [0.15, 0.2) is 0 Å². The van der Waals surface area contributed by atoms with E-state index in [1.807, 2.05) is 20.1 Å². The maximum absolute atomic E-state index is 15.0. The van der Waals surface area contributed by atoms with Gasteiger partial charge in [-0.3, -0.25) is 38.5 Å². The second kappa shape index (κ2) is 26.9. The molecule has 18 heteroatoms. The molecule has 16 nitrogen and oxygen atoms in total. The highest BCUT2D eigenvalue weighted by Gasteiger charge is 2.43. The number of methoxy groups -OCH3 is 1. The van der Waals surface area contributed by atoms with Crippen LogP contribution in [0, 0.1) is 5.92 Å². The molecule has 6 atom stereocenters. The number of thioether (sulfide) groups is 2. The number of aliphatic hydroxyl groups is 1. The molecule has 0 radical (unpaired) electrons. The summed E-state index contributed by atoms with van der Waals surface area (Å²) in [6, 6.07) is 8.84. The van der Waals surface area contributed by atoms with Gasteiger partial charge < -0.3 is 36.4 Å². The summed E-state index contributed by atoms with van der Waals surface area (Å²) < 4.78 is 5.10. The molecular formula is C40H56N6O10S2. The summed E-state index contributed by atoms with van der Waals surface area (Å²) in [4.78, 5) is 107. The van der Waals surface area contributed by atoms with Crippen molar-refractivity contribution < 1.29 is 48.2 Å². The van der Waals surface area contributed by atoms with Crippen LogP contribution in [0.3, 0.4) is 0 Å². The first kappa shape index (κ1) is 49.2. The van der Waals surface area contributed by atoms with Crippen LogP contribution < -0.4 is 26.6 Å². The first-order valence-corrected chi connectivity index (χ1v) is 21.6. The Kier molecular flexibility index (Phi) is 22.8. The number of rotatable bonds is 27. The van der Waals surface area contributed by atoms with Crippen LogP contribution >= 0.6 is 23.5 Å². The van der Waals surface area contributed by atoms with Gasteiger partial charge in [-0.2, -0.15) is 23.5 Å². The molecular weight excluding hydrogens is 789 g/mol. The molecule has 2 aromatic rings. The Morgan fingerprint density at radius 2 is 1.10 bits per heavy atom. The van der Waals surface area contributed by atoms with Crippen molar-refractivity contribution in [3.8, 4) is 0 Å². The largest absolute Gasteiger partial charge is 0.467 e. The minimum Gasteiger partial charge on any atom is -0.467 e. The fourth-order valence-corrected chi connectivity index (χ4v) is 6.92. The van der Waals surface area contributed by atoms with Crippen LogP contribution in [0.25, 0.3) is 0 Å². The van der Waals surface area contributed by atoms with Crippen molar-refractivity contribution in [2.75, 3.05) is 37.7 Å². The lowest BCUT2D eigenvalue weighted by Crippen LogP contribution is -2.64. The van der Waals surface area contributed by atoms with Crippen molar-refractivity contribution in [1.29, 1.82) is 0 Å². The molecule has 2 aromatic carbocycles. The van der Waals surface area contributed by atoms with Crippen molar-refractivity contribution >= 4 is 71.8 Å². The highest BCUT2D eigenvalue weighted by molar-refractivity contribution is 7.98. The number of carbonyl (C=O) groups is 8. The molecule has 0 aliphatic carbocycles. The van der Waals surface area contributed by atoms with Crippen LogP contribution in [0.4, 0.5) is 0 Å². The average Bonchev–Trinajstić information content (AvgIpc) is 3.22. The maximum Gasteiger partial charge on any atom is 0.329 e. The van der Waals surface area contributed by atoms with Gasteiger partial charge in [-0.25, -0.2) is 4.79 Å². The number of aliphatic hydroxyl groups excluding tert-OH is 1. The SMILES string of the molecule is COC(=O)[C@H](Cc1ccccc1)N(C(=O)[C@H](CO)NC(=O)[C@H](CCSC)NC=O)C(=O)[C@H](Cc1ccccc1)NC(=O)[C@H](CC(C)C)NC(=O)[C@H](CCSC)NC=O. The van der Waals surface area contributed by atoms with E-state index in [2.05, 4.69) is 26.6 Å². The number of carbonyl (C=O) groups excluding carboxylic acids is 8. The van der Waals surface area contributed by atoms with Gasteiger partial charge in [0.25, 0.3) is 11.8 Å². The molecule has 0 saturated heterocycles. The number of nitrogens with zero attached hydrogens (tertiary/aromatic N) is 1. The van der Waals surface area contributed by atoms with E-state index in [1.165, 1.54) is 23.5 Å². The Bertz CT molecular complexity index is 1640. The van der Waals surface area contributed by atoms with E-state index in [9.17, 15) is 38.7 Å². The van der Waals surface area contributed by atoms with Crippen molar-refractivity contribution in [1.82, 2.24) is 31.5 Å². The number of benzene rings is 2. The first-order chi connectivity index (χ1) is 27.8. The van der Waals surface area contributed by atoms with Gasteiger partial charge in [0, 0.05) is 12.8 Å². The Morgan fingerprint density at radius 3 is 1.53 bits per heavy atom. The van der Waals surface area contributed by atoms with Gasteiger partial charge in [0.1, 0.15) is 36.3 Å². The second-order valence-corrected chi connectivity index (χ2v) is 15.7. The van der Waals surface area contributed by atoms with Gasteiger partial charge in [0.05, 0.1) is 13.7 Å². The predicted molar refractivity (Wildman–Crippen MR) is 222 cm³/mol. The monoisotopic (exact) mass is 844 g/mol. The number of hydrogen-bond acceptors (Lipinski definition) is 12. The Balaban J connectivity index is 2.72. The number of amides is 7. The van der Waals surface area contributed by atoms with E-state index in [4.69, 9.17) is 4.74 Å². The molecule has 0 aliphatic rings. The van der Waals surface area contributed by atoms with Gasteiger partial charge in [0.2, 0.25) is 30.5 Å². The Labute approximate surface area is 348 Å². The quantitative estimate of drug-likeness (QED) is 0.0537. The molecule has 6 N–H and O–H groups in total. The lowest BCUT2D eigenvalue weighted by molar-refractivity contribution is -0.162. The van der Waals surface area contributed by atoms with E-state index in [0.717, 1.165) is 7.11 Å². The molecule has 0 bridgehead atoms. The highest BCUT2D eigenvalue weighted by Crippen LogP contribution is 2.18. The lowest BCUT2D eigenvalue weighted by atomic mass is 9.98. The van der Waals surface area contributed by atoms with Crippen LogP contribution in [0.5, 0.6) is 0 Å². The molecule has 7 amide bonds. The smallest absolute Gasteiger partial charge is 0.329 e. The highest BCUT2D eigenvalue weighted by atomic mass is 32.2. The van der Waals surface area contributed by atoms with Crippen molar-refractivity contribution in [2.24, 2.45) is 5.92 Å². The first-order valence-electron chi connectivity index (χ1n) is 18.8. The predicted octanol–water partition coefficient (Wildman–Crippen LogP) is 0.597. The zero-order valence-electron chi connectivity index (χ0n) is 33.5. The fourth-order valence-electron chi connectivity index (χ4n) is 5.98. The summed E-state index contributed by atoms with van der Waals surface area (Å²) in [5.74, 6) is -4.57. The zero-order valence-corrected chi connectivity index (χ0v) is 35.1. The van der Waals surface area contributed by atoms with Crippen LogP contribution in [-0.2, 0) is 55.9 Å². The number of hydrogen-bond donors (Lipinski definition) is 6. The van der Waals surface area contributed by atoms with Gasteiger partial charge in [-0.1, -0.05) is 74.5 Å². The third-order valence-corrected chi connectivity index (χ3v) is 10.2. The van der Waals surface area contributed by atoms with Crippen molar-refractivity contribution in [2.45, 2.75) is 82.2 Å². The van der Waals surface area contributed by atoms with Crippen LogP contribution in [-0.4, -0.2) is 132 Å². The number of nitrogens with one attached hydrogen (secondary N) is 5. The molecule has 0 fully saturated rings. The summed E-state index contributed by atoms with van der Waals surface area (Å²) in [7, 11) is 1.08. The van der Waals surface area contributed by atoms with Gasteiger partial charge in [-0.15, -0.1) is 0 Å².